The van der Waals surface area contributed by atoms with Gasteiger partial charge in [0, 0.05) is 11.6 Å². The minimum atomic E-state index is -1.30. The number of nitriles is 1. The number of hydrogen-bond acceptors (Lipinski definition) is 5. The van der Waals surface area contributed by atoms with Gasteiger partial charge in [-0.05, 0) is 12.5 Å². The summed E-state index contributed by atoms with van der Waals surface area (Å²) in [5, 5.41) is 38.2. The highest BCUT2D eigenvalue weighted by molar-refractivity contribution is 5.43. The second-order valence-electron chi connectivity index (χ2n) is 3.68. The van der Waals surface area contributed by atoms with Gasteiger partial charge in [-0.3, -0.25) is 10.1 Å². The third-order valence-corrected chi connectivity index (χ3v) is 2.44. The third kappa shape index (κ3) is 3.00. The minimum absolute atomic E-state index is 0.120. The lowest BCUT2D eigenvalue weighted by Gasteiger charge is -2.15. The van der Waals surface area contributed by atoms with Crippen LogP contribution in [0.5, 0.6) is 0 Å². The predicted octanol–water partition coefficient (Wildman–Crippen LogP) is 1.21. The van der Waals surface area contributed by atoms with Crippen molar-refractivity contribution in [2.24, 2.45) is 0 Å². The average molecular weight is 236 g/mol. The summed E-state index contributed by atoms with van der Waals surface area (Å²) in [4.78, 5) is 10.1. The summed E-state index contributed by atoms with van der Waals surface area (Å²) >= 11 is 0. The van der Waals surface area contributed by atoms with Crippen LogP contribution in [0.15, 0.2) is 18.2 Å². The predicted molar refractivity (Wildman–Crippen MR) is 59.0 cm³/mol. The molecule has 0 radical (unpaired) electrons. The summed E-state index contributed by atoms with van der Waals surface area (Å²) in [6, 6.07) is 5.92. The first-order chi connectivity index (χ1) is 7.97. The number of nitro groups is 1. The second kappa shape index (κ2) is 5.39. The SMILES string of the molecule is Cc1ccc(C(O)C(O)CC#N)cc1[N+](=O)[O-]. The Bertz CT molecular complexity index is 467. The summed E-state index contributed by atoms with van der Waals surface area (Å²) in [6.45, 7) is 1.58. The highest BCUT2D eigenvalue weighted by atomic mass is 16.6. The van der Waals surface area contributed by atoms with Crippen LogP contribution in [0.3, 0.4) is 0 Å². The van der Waals surface area contributed by atoms with E-state index in [1.165, 1.54) is 18.2 Å². The van der Waals surface area contributed by atoms with E-state index >= 15 is 0 Å². The van der Waals surface area contributed by atoms with Gasteiger partial charge < -0.3 is 10.2 Å². The van der Waals surface area contributed by atoms with E-state index in [1.807, 2.05) is 0 Å². The van der Waals surface area contributed by atoms with Gasteiger partial charge in [0.2, 0.25) is 0 Å². The van der Waals surface area contributed by atoms with E-state index in [0.29, 0.717) is 5.56 Å². The molecule has 1 rings (SSSR count). The topological polar surface area (TPSA) is 107 Å². The maximum atomic E-state index is 10.7. The van der Waals surface area contributed by atoms with E-state index in [0.717, 1.165) is 0 Å². The van der Waals surface area contributed by atoms with Crippen LogP contribution in [0.1, 0.15) is 23.7 Å². The van der Waals surface area contributed by atoms with E-state index in [4.69, 9.17) is 5.26 Å². The molecule has 6 nitrogen and oxygen atoms in total. The first kappa shape index (κ1) is 13.1. The van der Waals surface area contributed by atoms with Crippen molar-refractivity contribution in [3.05, 3.63) is 39.4 Å². The van der Waals surface area contributed by atoms with Crippen LogP contribution < -0.4 is 0 Å². The zero-order chi connectivity index (χ0) is 13.0. The van der Waals surface area contributed by atoms with Crippen molar-refractivity contribution in [3.8, 4) is 6.07 Å². The molecule has 0 aromatic heterocycles. The largest absolute Gasteiger partial charge is 0.389 e. The van der Waals surface area contributed by atoms with Crippen molar-refractivity contribution in [3.63, 3.8) is 0 Å². The Labute approximate surface area is 97.9 Å². The molecule has 0 spiro atoms. The maximum absolute atomic E-state index is 10.7. The lowest BCUT2D eigenvalue weighted by atomic mass is 10.0. The Hall–Kier alpha value is -1.97. The quantitative estimate of drug-likeness (QED) is 0.603. The van der Waals surface area contributed by atoms with Crippen LogP contribution in [-0.2, 0) is 0 Å². The van der Waals surface area contributed by atoms with Crippen molar-refractivity contribution in [1.82, 2.24) is 0 Å². The Morgan fingerprint density at radius 3 is 2.71 bits per heavy atom. The van der Waals surface area contributed by atoms with Gasteiger partial charge in [-0.2, -0.15) is 5.26 Å². The fourth-order valence-corrected chi connectivity index (χ4v) is 1.43. The highest BCUT2D eigenvalue weighted by Crippen LogP contribution is 2.25. The normalized spacial score (nSPS) is 13.8. The van der Waals surface area contributed by atoms with Crippen LogP contribution in [0, 0.1) is 28.4 Å². The smallest absolute Gasteiger partial charge is 0.272 e. The number of benzene rings is 1. The van der Waals surface area contributed by atoms with Crippen molar-refractivity contribution in [1.29, 1.82) is 5.26 Å². The van der Waals surface area contributed by atoms with Crippen molar-refractivity contribution >= 4 is 5.69 Å². The zero-order valence-corrected chi connectivity index (χ0v) is 9.20. The van der Waals surface area contributed by atoms with Gasteiger partial charge >= 0.3 is 0 Å². The molecule has 0 heterocycles. The monoisotopic (exact) mass is 236 g/mol. The van der Waals surface area contributed by atoms with E-state index in [2.05, 4.69) is 0 Å². The first-order valence-corrected chi connectivity index (χ1v) is 4.95. The highest BCUT2D eigenvalue weighted by Gasteiger charge is 2.21. The van der Waals surface area contributed by atoms with Gasteiger partial charge in [-0.15, -0.1) is 0 Å². The fraction of sp³-hybridized carbons (Fsp3) is 0.364. The fourth-order valence-electron chi connectivity index (χ4n) is 1.43. The molecule has 0 saturated heterocycles. The van der Waals surface area contributed by atoms with Gasteiger partial charge in [-0.1, -0.05) is 12.1 Å². The Balaban J connectivity index is 3.04. The molecule has 2 N–H and O–H groups in total. The summed E-state index contributed by atoms with van der Waals surface area (Å²) in [7, 11) is 0. The lowest BCUT2D eigenvalue weighted by Crippen LogP contribution is -2.17. The molecule has 0 saturated carbocycles. The van der Waals surface area contributed by atoms with Crippen LogP contribution in [0.4, 0.5) is 5.69 Å². The first-order valence-electron chi connectivity index (χ1n) is 4.95. The molecule has 90 valence electrons. The molecular weight excluding hydrogens is 224 g/mol. The van der Waals surface area contributed by atoms with E-state index in [9.17, 15) is 20.3 Å². The molecule has 0 aliphatic heterocycles. The van der Waals surface area contributed by atoms with Gasteiger partial charge in [0.15, 0.2) is 0 Å². The molecule has 2 unspecified atom stereocenters. The molecular formula is C11H12N2O4. The number of nitro benzene ring substituents is 1. The molecule has 0 fully saturated rings. The van der Waals surface area contributed by atoms with Gasteiger partial charge in [0.25, 0.3) is 5.69 Å². The standard InChI is InChI=1S/C11H12N2O4/c1-7-2-3-8(6-9(7)13(16)17)11(15)10(14)4-5-12/h2-3,6,10-11,14-15H,4H2,1H3. The average Bonchev–Trinajstić information content (AvgIpc) is 2.28. The summed E-state index contributed by atoms with van der Waals surface area (Å²) in [6.07, 6.45) is -2.78. The number of aliphatic hydroxyl groups is 2. The molecule has 0 aliphatic rings. The van der Waals surface area contributed by atoms with Crippen molar-refractivity contribution in [2.75, 3.05) is 0 Å². The number of aliphatic hydroxyl groups excluding tert-OH is 2. The molecule has 6 heteroatoms. The molecule has 0 amide bonds. The molecule has 1 aromatic rings. The van der Waals surface area contributed by atoms with Crippen molar-refractivity contribution in [2.45, 2.75) is 25.6 Å². The van der Waals surface area contributed by atoms with Gasteiger partial charge in [0.05, 0.1) is 23.5 Å². The second-order valence-corrected chi connectivity index (χ2v) is 3.68. The lowest BCUT2D eigenvalue weighted by molar-refractivity contribution is -0.385. The Morgan fingerprint density at radius 1 is 1.53 bits per heavy atom. The van der Waals surface area contributed by atoms with E-state index < -0.39 is 17.1 Å². The maximum Gasteiger partial charge on any atom is 0.272 e. The molecule has 0 aliphatic carbocycles. The molecule has 17 heavy (non-hydrogen) atoms. The molecule has 2 atom stereocenters. The third-order valence-electron chi connectivity index (χ3n) is 2.44. The number of hydrogen-bond donors (Lipinski definition) is 2. The number of rotatable bonds is 4. The molecule has 0 bridgehead atoms. The van der Waals surface area contributed by atoms with E-state index in [-0.39, 0.29) is 17.7 Å². The number of aryl methyl sites for hydroxylation is 1. The van der Waals surface area contributed by atoms with Crippen LogP contribution in [0.2, 0.25) is 0 Å². The van der Waals surface area contributed by atoms with Crippen LogP contribution >= 0.6 is 0 Å². The van der Waals surface area contributed by atoms with Crippen LogP contribution in [0.25, 0.3) is 0 Å². The minimum Gasteiger partial charge on any atom is -0.389 e. The van der Waals surface area contributed by atoms with Gasteiger partial charge in [-0.25, -0.2) is 0 Å². The summed E-state index contributed by atoms with van der Waals surface area (Å²) < 4.78 is 0. The summed E-state index contributed by atoms with van der Waals surface area (Å²) in [5.74, 6) is 0. The molecule has 1 aromatic carbocycles. The zero-order valence-electron chi connectivity index (χ0n) is 9.20. The summed E-state index contributed by atoms with van der Waals surface area (Å²) in [5.41, 5.74) is 0.580. The Kier molecular flexibility index (Phi) is 4.15. The number of nitrogens with zero attached hydrogens (tertiary/aromatic N) is 2. The van der Waals surface area contributed by atoms with Gasteiger partial charge in [0.1, 0.15) is 6.10 Å². The van der Waals surface area contributed by atoms with Crippen LogP contribution in [-0.4, -0.2) is 21.2 Å². The Morgan fingerprint density at radius 2 is 2.18 bits per heavy atom. The van der Waals surface area contributed by atoms with E-state index in [1.54, 1.807) is 13.0 Å². The van der Waals surface area contributed by atoms with Crippen molar-refractivity contribution < 1.29 is 15.1 Å².